The summed E-state index contributed by atoms with van der Waals surface area (Å²) in [6.45, 7) is 0. The molecule has 0 amide bonds. The van der Waals surface area contributed by atoms with Crippen molar-refractivity contribution in [1.82, 2.24) is 15.2 Å². The quantitative estimate of drug-likeness (QED) is 0.280. The van der Waals surface area contributed by atoms with E-state index in [1.54, 1.807) is 6.20 Å². The number of thioether (sulfide) groups is 1. The number of nitrogens with zero attached hydrogens (tertiary/aromatic N) is 2. The van der Waals surface area contributed by atoms with E-state index in [-0.39, 0.29) is 5.63 Å². The van der Waals surface area contributed by atoms with E-state index >= 15 is 0 Å². The minimum absolute atomic E-state index is 0.369. The normalized spacial score (nSPS) is 11.4. The first-order valence-corrected chi connectivity index (χ1v) is 9.31. The fourth-order valence-electron chi connectivity index (χ4n) is 3.11. The van der Waals surface area contributed by atoms with Crippen LogP contribution in [0.1, 0.15) is 5.56 Å². The number of aromatic amines is 1. The number of rotatable bonds is 4. The smallest absolute Gasteiger partial charge is 0.336 e. The second kappa shape index (κ2) is 6.44. The summed E-state index contributed by atoms with van der Waals surface area (Å²) in [7, 11) is 0. The molecule has 0 spiro atoms. The van der Waals surface area contributed by atoms with Gasteiger partial charge in [-0.2, -0.15) is 0 Å². The topological polar surface area (TPSA) is 84.9 Å². The van der Waals surface area contributed by atoms with E-state index in [0.29, 0.717) is 22.4 Å². The van der Waals surface area contributed by atoms with Gasteiger partial charge in [0.05, 0.1) is 0 Å². The third-order valence-electron chi connectivity index (χ3n) is 4.30. The maximum absolute atomic E-state index is 12.0. The molecule has 3 aromatic heterocycles. The number of hydrogen-bond acceptors (Lipinski definition) is 6. The van der Waals surface area contributed by atoms with Crippen LogP contribution in [0.5, 0.6) is 0 Å². The summed E-state index contributed by atoms with van der Waals surface area (Å²) in [5.74, 6) is 0.952. The van der Waals surface area contributed by atoms with Crippen molar-refractivity contribution in [3.8, 4) is 11.6 Å². The molecule has 1 N–H and O–H groups in total. The molecule has 0 bridgehead atoms. The van der Waals surface area contributed by atoms with Gasteiger partial charge in [0.1, 0.15) is 11.3 Å². The van der Waals surface area contributed by atoms with Crippen LogP contribution >= 0.6 is 11.8 Å². The number of hydrogen-bond donors (Lipinski definition) is 1. The highest BCUT2D eigenvalue weighted by molar-refractivity contribution is 7.98. The third kappa shape index (κ3) is 2.92. The summed E-state index contributed by atoms with van der Waals surface area (Å²) in [5, 5.41) is 11.7. The first-order chi connectivity index (χ1) is 13.3. The van der Waals surface area contributed by atoms with Crippen LogP contribution in [0.25, 0.3) is 33.3 Å². The Hall–Kier alpha value is -3.32. The Kier molecular flexibility index (Phi) is 3.79. The van der Waals surface area contributed by atoms with Crippen LogP contribution in [0.3, 0.4) is 0 Å². The van der Waals surface area contributed by atoms with Gasteiger partial charge in [-0.15, -0.1) is 10.2 Å². The number of aromatic nitrogens is 3. The van der Waals surface area contributed by atoms with Crippen molar-refractivity contribution < 1.29 is 8.83 Å². The Bertz CT molecular complexity index is 1310. The second-order valence-corrected chi connectivity index (χ2v) is 6.92. The van der Waals surface area contributed by atoms with Gasteiger partial charge in [0.15, 0.2) is 0 Å². The van der Waals surface area contributed by atoms with Crippen LogP contribution in [-0.4, -0.2) is 15.2 Å². The molecular weight excluding hydrogens is 362 g/mol. The average molecular weight is 375 g/mol. The molecule has 0 saturated carbocycles. The first kappa shape index (κ1) is 15.9. The molecule has 3 heterocycles. The zero-order valence-corrected chi connectivity index (χ0v) is 14.8. The third-order valence-corrected chi connectivity index (χ3v) is 5.17. The molecule has 0 saturated heterocycles. The Morgan fingerprint density at radius 1 is 1.00 bits per heavy atom. The highest BCUT2D eigenvalue weighted by Crippen LogP contribution is 2.31. The number of nitrogens with one attached hydrogen (secondary N) is 1. The van der Waals surface area contributed by atoms with Gasteiger partial charge >= 0.3 is 5.63 Å². The van der Waals surface area contributed by atoms with Gasteiger partial charge in [-0.25, -0.2) is 4.79 Å². The fourth-order valence-corrected chi connectivity index (χ4v) is 3.86. The lowest BCUT2D eigenvalue weighted by Gasteiger charge is -2.07. The van der Waals surface area contributed by atoms with Crippen molar-refractivity contribution in [2.75, 3.05) is 0 Å². The maximum atomic E-state index is 12.0. The molecule has 27 heavy (non-hydrogen) atoms. The molecule has 0 aliphatic rings. The van der Waals surface area contributed by atoms with Gasteiger partial charge in [-0.1, -0.05) is 42.1 Å². The predicted octanol–water partition coefficient (Wildman–Crippen LogP) is 4.62. The van der Waals surface area contributed by atoms with Crippen LogP contribution in [0.4, 0.5) is 0 Å². The highest BCUT2D eigenvalue weighted by atomic mass is 32.2. The number of H-pyrrole nitrogens is 1. The summed E-state index contributed by atoms with van der Waals surface area (Å²) in [6, 6.07) is 17.1. The molecule has 0 unspecified atom stereocenters. The summed E-state index contributed by atoms with van der Waals surface area (Å²) >= 11 is 1.39. The van der Waals surface area contributed by atoms with Crippen molar-refractivity contribution in [2.24, 2.45) is 0 Å². The monoisotopic (exact) mass is 375 g/mol. The van der Waals surface area contributed by atoms with Gasteiger partial charge in [0.25, 0.3) is 11.1 Å². The van der Waals surface area contributed by atoms with Crippen LogP contribution in [0.2, 0.25) is 0 Å². The molecule has 2 aromatic carbocycles. The lowest BCUT2D eigenvalue weighted by Crippen LogP contribution is -2.00. The van der Waals surface area contributed by atoms with Crippen molar-refractivity contribution in [2.45, 2.75) is 11.0 Å². The number of benzene rings is 2. The predicted molar refractivity (Wildman–Crippen MR) is 104 cm³/mol. The SMILES string of the molecule is O=c1cc(CSc2nnc(-c3ccc[nH]3)o2)c2c(ccc3ccccc32)o1. The summed E-state index contributed by atoms with van der Waals surface area (Å²) in [4.78, 5) is 15.0. The number of fused-ring (bicyclic) bond motifs is 3. The van der Waals surface area contributed by atoms with E-state index < -0.39 is 0 Å². The first-order valence-electron chi connectivity index (χ1n) is 8.32. The van der Waals surface area contributed by atoms with Crippen LogP contribution in [0.15, 0.2) is 79.6 Å². The van der Waals surface area contributed by atoms with E-state index in [4.69, 9.17) is 8.83 Å². The Labute approximate surface area is 157 Å². The molecule has 7 heteroatoms. The Morgan fingerprint density at radius 3 is 2.81 bits per heavy atom. The molecule has 0 atom stereocenters. The van der Waals surface area contributed by atoms with Crippen LogP contribution in [0, 0.1) is 0 Å². The van der Waals surface area contributed by atoms with Crippen LogP contribution < -0.4 is 5.63 Å². The van der Waals surface area contributed by atoms with Crippen molar-refractivity contribution >= 4 is 33.5 Å². The zero-order chi connectivity index (χ0) is 18.2. The zero-order valence-electron chi connectivity index (χ0n) is 14.0. The molecule has 5 rings (SSSR count). The van der Waals surface area contributed by atoms with E-state index in [1.165, 1.54) is 17.8 Å². The molecule has 5 aromatic rings. The minimum Gasteiger partial charge on any atom is -0.423 e. The van der Waals surface area contributed by atoms with Crippen LogP contribution in [-0.2, 0) is 5.75 Å². The lowest BCUT2D eigenvalue weighted by atomic mass is 10.0. The molecule has 132 valence electrons. The standard InChI is InChI=1S/C20H13N3O3S/c24-17-10-13(11-27-20-23-22-19(26-20)15-6-3-9-21-15)18-14-5-2-1-4-12(14)7-8-16(18)25-17/h1-10,21H,11H2. The van der Waals surface area contributed by atoms with E-state index in [1.807, 2.05) is 48.5 Å². The average Bonchev–Trinajstić information content (AvgIpc) is 3.37. The van der Waals surface area contributed by atoms with E-state index in [2.05, 4.69) is 15.2 Å². The summed E-state index contributed by atoms with van der Waals surface area (Å²) < 4.78 is 11.1. The largest absolute Gasteiger partial charge is 0.423 e. The summed E-state index contributed by atoms with van der Waals surface area (Å²) in [6.07, 6.45) is 1.80. The highest BCUT2D eigenvalue weighted by Gasteiger charge is 2.13. The van der Waals surface area contributed by atoms with Gasteiger partial charge in [-0.3, -0.25) is 0 Å². The molecule has 0 aliphatic heterocycles. The van der Waals surface area contributed by atoms with Crippen molar-refractivity contribution in [3.05, 3.63) is 76.8 Å². The lowest BCUT2D eigenvalue weighted by molar-refractivity contribution is 0.464. The van der Waals surface area contributed by atoms with Gasteiger partial charge < -0.3 is 13.8 Å². The molecule has 0 radical (unpaired) electrons. The van der Waals surface area contributed by atoms with Gasteiger partial charge in [0, 0.05) is 23.4 Å². The van der Waals surface area contributed by atoms with E-state index in [0.717, 1.165) is 27.4 Å². The molecule has 0 aliphatic carbocycles. The van der Waals surface area contributed by atoms with Gasteiger partial charge in [-0.05, 0) is 34.5 Å². The molecule has 6 nitrogen and oxygen atoms in total. The molecule has 0 fully saturated rings. The van der Waals surface area contributed by atoms with Crippen molar-refractivity contribution in [3.63, 3.8) is 0 Å². The fraction of sp³-hybridized carbons (Fsp3) is 0.0500. The summed E-state index contributed by atoms with van der Waals surface area (Å²) in [5.41, 5.74) is 1.86. The second-order valence-electron chi connectivity index (χ2n) is 6.00. The Balaban J connectivity index is 1.53. The molecular formula is C20H13N3O3S. The van der Waals surface area contributed by atoms with Gasteiger partial charge in [0.2, 0.25) is 0 Å². The van der Waals surface area contributed by atoms with Crippen molar-refractivity contribution in [1.29, 1.82) is 0 Å². The minimum atomic E-state index is -0.369. The van der Waals surface area contributed by atoms with E-state index in [9.17, 15) is 4.79 Å². The Morgan fingerprint density at radius 2 is 1.93 bits per heavy atom. The maximum Gasteiger partial charge on any atom is 0.336 e.